The van der Waals surface area contributed by atoms with Crippen LogP contribution in [-0.4, -0.2) is 21.1 Å². The second kappa shape index (κ2) is 5.53. The third kappa shape index (κ3) is 2.53. The number of hydrogen-bond acceptors (Lipinski definition) is 5. The summed E-state index contributed by atoms with van der Waals surface area (Å²) in [6.45, 7) is -3.04. The zero-order chi connectivity index (χ0) is 16.6. The molecular formula is C15H11F2N5O. The molecule has 0 fully saturated rings. The molecule has 0 radical (unpaired) electrons. The van der Waals surface area contributed by atoms with E-state index in [-0.39, 0.29) is 22.8 Å². The van der Waals surface area contributed by atoms with Crippen LogP contribution in [0.5, 0.6) is 5.75 Å². The van der Waals surface area contributed by atoms with Gasteiger partial charge in [0, 0.05) is 18.7 Å². The molecule has 8 heteroatoms. The predicted octanol–water partition coefficient (Wildman–Crippen LogP) is 2.69. The van der Waals surface area contributed by atoms with Gasteiger partial charge < -0.3 is 15.0 Å². The Bertz CT molecular complexity index is 929. The Morgan fingerprint density at radius 3 is 2.87 bits per heavy atom. The largest absolute Gasteiger partial charge is 0.432 e. The summed E-state index contributed by atoms with van der Waals surface area (Å²) in [6.07, 6.45) is 1.60. The first kappa shape index (κ1) is 14.7. The summed E-state index contributed by atoms with van der Waals surface area (Å²) < 4.78 is 31.6. The Hall–Kier alpha value is -3.21. The van der Waals surface area contributed by atoms with Crippen LogP contribution in [-0.2, 0) is 7.05 Å². The number of aryl methyl sites for hydroxylation is 1. The Labute approximate surface area is 129 Å². The third-order valence-corrected chi connectivity index (χ3v) is 3.35. The van der Waals surface area contributed by atoms with E-state index in [2.05, 4.69) is 14.7 Å². The van der Waals surface area contributed by atoms with Crippen LogP contribution in [0.2, 0.25) is 0 Å². The molecule has 0 amide bonds. The lowest BCUT2D eigenvalue weighted by atomic mass is 10.1. The zero-order valence-corrected chi connectivity index (χ0v) is 12.0. The number of alkyl halides is 2. The fourth-order valence-corrected chi connectivity index (χ4v) is 2.33. The fourth-order valence-electron chi connectivity index (χ4n) is 2.33. The molecule has 2 aromatic heterocycles. The molecule has 116 valence electrons. The van der Waals surface area contributed by atoms with E-state index >= 15 is 0 Å². The minimum absolute atomic E-state index is 0.0277. The molecular weight excluding hydrogens is 304 g/mol. The van der Waals surface area contributed by atoms with Crippen molar-refractivity contribution < 1.29 is 13.5 Å². The molecule has 3 rings (SSSR count). The highest BCUT2D eigenvalue weighted by Crippen LogP contribution is 2.35. The molecule has 0 aliphatic carbocycles. The number of nitrogens with zero attached hydrogens (tertiary/aromatic N) is 4. The maximum absolute atomic E-state index is 12.7. The summed E-state index contributed by atoms with van der Waals surface area (Å²) in [4.78, 5) is 8.34. The molecule has 0 unspecified atom stereocenters. The van der Waals surface area contributed by atoms with Crippen molar-refractivity contribution in [2.24, 2.45) is 7.05 Å². The lowest BCUT2D eigenvalue weighted by molar-refractivity contribution is -0.0496. The van der Waals surface area contributed by atoms with Gasteiger partial charge in [0.1, 0.15) is 11.8 Å². The van der Waals surface area contributed by atoms with E-state index in [1.54, 1.807) is 23.0 Å². The monoisotopic (exact) mass is 315 g/mol. The van der Waals surface area contributed by atoms with Crippen molar-refractivity contribution in [3.05, 3.63) is 36.3 Å². The lowest BCUT2D eigenvalue weighted by Gasteiger charge is -2.12. The quantitative estimate of drug-likeness (QED) is 0.802. The minimum atomic E-state index is -3.04. The number of ether oxygens (including phenoxy) is 1. The van der Waals surface area contributed by atoms with Gasteiger partial charge in [-0.25, -0.2) is 9.97 Å². The van der Waals surface area contributed by atoms with Gasteiger partial charge in [0.25, 0.3) is 0 Å². The molecule has 0 saturated heterocycles. The summed E-state index contributed by atoms with van der Waals surface area (Å²) in [5.41, 5.74) is 7.49. The van der Waals surface area contributed by atoms with Gasteiger partial charge in [-0.05, 0) is 6.07 Å². The number of aromatic nitrogens is 3. The second-order valence-electron chi connectivity index (χ2n) is 4.79. The number of benzene rings is 1. The maximum Gasteiger partial charge on any atom is 0.387 e. The predicted molar refractivity (Wildman–Crippen MR) is 79.7 cm³/mol. The van der Waals surface area contributed by atoms with Crippen LogP contribution in [0.1, 0.15) is 5.69 Å². The summed E-state index contributed by atoms with van der Waals surface area (Å²) >= 11 is 0. The summed E-state index contributed by atoms with van der Waals surface area (Å²) in [6, 6.07) is 8.26. The average Bonchev–Trinajstić information content (AvgIpc) is 2.89. The number of nitriles is 1. The number of nitrogens with two attached hydrogens (primary N) is 1. The smallest absolute Gasteiger partial charge is 0.387 e. The topological polar surface area (TPSA) is 89.8 Å². The number of nitrogen functional groups attached to an aromatic ring is 1. The molecule has 2 heterocycles. The highest BCUT2D eigenvalue weighted by molar-refractivity contribution is 5.93. The number of para-hydroxylation sites is 1. The van der Waals surface area contributed by atoms with Gasteiger partial charge in [0.2, 0.25) is 0 Å². The van der Waals surface area contributed by atoms with Crippen molar-refractivity contribution >= 4 is 16.7 Å². The SMILES string of the molecule is Cn1cnc2c(-c3nc(C#N)c(N)cc3OC(F)F)cccc21. The second-order valence-corrected chi connectivity index (χ2v) is 4.79. The van der Waals surface area contributed by atoms with Gasteiger partial charge in [0.15, 0.2) is 11.4 Å². The molecule has 3 aromatic rings. The Kier molecular flexibility index (Phi) is 3.54. The summed E-state index contributed by atoms with van der Waals surface area (Å²) in [7, 11) is 1.81. The van der Waals surface area contributed by atoms with Gasteiger partial charge in [-0.15, -0.1) is 0 Å². The van der Waals surface area contributed by atoms with E-state index in [1.807, 2.05) is 19.2 Å². The van der Waals surface area contributed by atoms with Crippen molar-refractivity contribution in [1.82, 2.24) is 14.5 Å². The van der Waals surface area contributed by atoms with Crippen molar-refractivity contribution in [3.63, 3.8) is 0 Å². The lowest BCUT2D eigenvalue weighted by Crippen LogP contribution is -2.06. The van der Waals surface area contributed by atoms with Crippen molar-refractivity contribution in [2.45, 2.75) is 6.61 Å². The van der Waals surface area contributed by atoms with Crippen molar-refractivity contribution in [3.8, 4) is 23.1 Å². The number of imidazole rings is 1. The van der Waals surface area contributed by atoms with Crippen LogP contribution in [0.4, 0.5) is 14.5 Å². The van der Waals surface area contributed by atoms with Crippen LogP contribution in [0, 0.1) is 11.3 Å². The molecule has 1 aromatic carbocycles. The van der Waals surface area contributed by atoms with Gasteiger partial charge in [0.05, 0.1) is 23.0 Å². The Morgan fingerprint density at radius 1 is 1.39 bits per heavy atom. The molecule has 0 atom stereocenters. The van der Waals surface area contributed by atoms with E-state index in [1.165, 1.54) is 6.07 Å². The first-order valence-corrected chi connectivity index (χ1v) is 6.57. The number of pyridine rings is 1. The number of anilines is 1. The molecule has 0 spiro atoms. The molecule has 23 heavy (non-hydrogen) atoms. The Balaban J connectivity index is 2.30. The number of halogens is 2. The molecule has 0 aliphatic heterocycles. The van der Waals surface area contributed by atoms with E-state index in [4.69, 9.17) is 11.0 Å². The van der Waals surface area contributed by atoms with Crippen molar-refractivity contribution in [1.29, 1.82) is 5.26 Å². The first-order chi connectivity index (χ1) is 11.0. The average molecular weight is 315 g/mol. The highest BCUT2D eigenvalue weighted by Gasteiger charge is 2.19. The van der Waals surface area contributed by atoms with Gasteiger partial charge in [-0.2, -0.15) is 14.0 Å². The molecule has 0 aliphatic rings. The number of hydrogen-bond donors (Lipinski definition) is 1. The number of fused-ring (bicyclic) bond motifs is 1. The minimum Gasteiger partial charge on any atom is -0.432 e. The van der Waals surface area contributed by atoms with Gasteiger partial charge >= 0.3 is 6.61 Å². The maximum atomic E-state index is 12.7. The van der Waals surface area contributed by atoms with Gasteiger partial charge in [-0.1, -0.05) is 12.1 Å². The third-order valence-electron chi connectivity index (χ3n) is 3.35. The number of rotatable bonds is 3. The summed E-state index contributed by atoms with van der Waals surface area (Å²) in [5.74, 6) is -0.199. The van der Waals surface area contributed by atoms with E-state index < -0.39 is 6.61 Å². The van der Waals surface area contributed by atoms with Crippen LogP contribution >= 0.6 is 0 Å². The van der Waals surface area contributed by atoms with Crippen LogP contribution < -0.4 is 10.5 Å². The van der Waals surface area contributed by atoms with Crippen LogP contribution in [0.25, 0.3) is 22.3 Å². The summed E-state index contributed by atoms with van der Waals surface area (Å²) in [5, 5.41) is 9.08. The molecule has 2 N–H and O–H groups in total. The standard InChI is InChI=1S/C15H11F2N5O/c1-22-7-20-13-8(3-2-4-11(13)22)14-12(23-15(16)17)5-9(19)10(6-18)21-14/h2-5,7,15H,19H2,1H3. The fraction of sp³-hybridized carbons (Fsp3) is 0.133. The van der Waals surface area contributed by atoms with Crippen LogP contribution in [0.15, 0.2) is 30.6 Å². The first-order valence-electron chi connectivity index (χ1n) is 6.57. The molecule has 6 nitrogen and oxygen atoms in total. The Morgan fingerprint density at radius 2 is 2.17 bits per heavy atom. The molecule has 0 saturated carbocycles. The van der Waals surface area contributed by atoms with E-state index in [0.29, 0.717) is 11.1 Å². The highest BCUT2D eigenvalue weighted by atomic mass is 19.3. The van der Waals surface area contributed by atoms with E-state index in [9.17, 15) is 8.78 Å². The van der Waals surface area contributed by atoms with Crippen molar-refractivity contribution in [2.75, 3.05) is 5.73 Å². The van der Waals surface area contributed by atoms with Gasteiger partial charge in [-0.3, -0.25) is 0 Å². The van der Waals surface area contributed by atoms with Crippen LogP contribution in [0.3, 0.4) is 0 Å². The molecule has 0 bridgehead atoms. The zero-order valence-electron chi connectivity index (χ0n) is 12.0. The van der Waals surface area contributed by atoms with E-state index in [0.717, 1.165) is 5.52 Å². The normalized spacial score (nSPS) is 10.9.